The molecule has 0 aliphatic carbocycles. The molecule has 1 aliphatic rings. The summed E-state index contributed by atoms with van der Waals surface area (Å²) < 4.78 is 11.4. The van der Waals surface area contributed by atoms with E-state index in [9.17, 15) is 4.79 Å². The molecule has 3 rings (SSSR count). The van der Waals surface area contributed by atoms with Gasteiger partial charge in [-0.2, -0.15) is 0 Å². The van der Waals surface area contributed by atoms with Gasteiger partial charge in [-0.1, -0.05) is 36.4 Å². The highest BCUT2D eigenvalue weighted by Crippen LogP contribution is 2.31. The summed E-state index contributed by atoms with van der Waals surface area (Å²) in [7, 11) is 0. The van der Waals surface area contributed by atoms with Gasteiger partial charge in [0.2, 0.25) is 0 Å². The van der Waals surface area contributed by atoms with Crippen LogP contribution in [0.25, 0.3) is 0 Å². The van der Waals surface area contributed by atoms with E-state index < -0.39 is 0 Å². The lowest BCUT2D eigenvalue weighted by Crippen LogP contribution is -2.23. The number of aldehydes is 1. The predicted octanol–water partition coefficient (Wildman–Crippen LogP) is 3.16. The molecule has 0 radical (unpaired) electrons. The smallest absolute Gasteiger partial charge is 0.160 e. The Hall–Kier alpha value is -2.29. The molecule has 0 saturated heterocycles. The number of benzene rings is 2. The van der Waals surface area contributed by atoms with Crippen LogP contribution in [0.3, 0.4) is 0 Å². The van der Waals surface area contributed by atoms with Crippen molar-refractivity contribution in [2.24, 2.45) is 0 Å². The molecule has 0 spiro atoms. The summed E-state index contributed by atoms with van der Waals surface area (Å²) in [5.41, 5.74) is 2.26. The fourth-order valence-corrected chi connectivity index (χ4v) is 2.30. The van der Waals surface area contributed by atoms with Crippen LogP contribution < -0.4 is 9.47 Å². The predicted molar refractivity (Wildman–Crippen MR) is 76.0 cm³/mol. The average molecular weight is 268 g/mol. The Morgan fingerprint density at radius 3 is 2.85 bits per heavy atom. The van der Waals surface area contributed by atoms with Crippen molar-refractivity contribution in [3.63, 3.8) is 0 Å². The molecule has 3 heteroatoms. The van der Waals surface area contributed by atoms with Crippen LogP contribution in [-0.2, 0) is 17.8 Å². The van der Waals surface area contributed by atoms with Gasteiger partial charge in [0, 0.05) is 6.07 Å². The zero-order valence-corrected chi connectivity index (χ0v) is 11.1. The van der Waals surface area contributed by atoms with Crippen molar-refractivity contribution in [3.05, 3.63) is 59.7 Å². The second kappa shape index (κ2) is 5.78. The van der Waals surface area contributed by atoms with Crippen LogP contribution in [0.1, 0.15) is 17.5 Å². The van der Waals surface area contributed by atoms with E-state index >= 15 is 0 Å². The van der Waals surface area contributed by atoms with Crippen LogP contribution in [0.15, 0.2) is 48.5 Å². The maximum absolute atomic E-state index is 10.8. The molecule has 20 heavy (non-hydrogen) atoms. The Kier molecular flexibility index (Phi) is 3.68. The molecule has 0 fully saturated rings. The number of carbonyl (C=O) groups excluding carboxylic acids is 1. The van der Waals surface area contributed by atoms with Gasteiger partial charge in [-0.25, -0.2) is 0 Å². The molecule has 1 aliphatic heterocycles. The maximum atomic E-state index is 10.8. The third-order valence-electron chi connectivity index (χ3n) is 3.42. The number of carbonyl (C=O) groups is 1. The van der Waals surface area contributed by atoms with Crippen molar-refractivity contribution < 1.29 is 14.3 Å². The van der Waals surface area contributed by atoms with E-state index in [0.29, 0.717) is 6.61 Å². The second-order valence-electron chi connectivity index (χ2n) is 4.87. The van der Waals surface area contributed by atoms with Gasteiger partial charge in [-0.05, 0) is 30.0 Å². The van der Waals surface area contributed by atoms with E-state index in [1.54, 1.807) is 0 Å². The highest BCUT2D eigenvalue weighted by molar-refractivity contribution is 5.58. The lowest BCUT2D eigenvalue weighted by Gasteiger charge is -2.22. The summed E-state index contributed by atoms with van der Waals surface area (Å²) in [5.74, 6) is 1.53. The summed E-state index contributed by atoms with van der Waals surface area (Å²) in [6, 6.07) is 15.8. The van der Waals surface area contributed by atoms with Crippen LogP contribution in [0.2, 0.25) is 0 Å². The lowest BCUT2D eigenvalue weighted by molar-refractivity contribution is -0.114. The molecule has 3 nitrogen and oxygen atoms in total. The van der Waals surface area contributed by atoms with Crippen molar-refractivity contribution in [2.75, 3.05) is 0 Å². The minimum absolute atomic E-state index is 0.327. The third-order valence-corrected chi connectivity index (χ3v) is 3.42. The third kappa shape index (κ3) is 2.82. The lowest BCUT2D eigenvalue weighted by atomic mass is 10.0. The molecular formula is C17H16O3. The molecule has 0 saturated carbocycles. The van der Waals surface area contributed by atoms with Crippen molar-refractivity contribution in [1.82, 2.24) is 0 Å². The number of fused-ring (bicyclic) bond motifs is 1. The van der Waals surface area contributed by atoms with Crippen molar-refractivity contribution in [1.29, 1.82) is 0 Å². The summed E-state index contributed by atoms with van der Waals surface area (Å²) in [6.07, 6.45) is 2.16. The first kappa shape index (κ1) is 12.7. The number of hydrogen-bond donors (Lipinski definition) is 0. The summed E-state index contributed by atoms with van der Waals surface area (Å²) in [5, 5.41) is 0. The molecule has 0 N–H and O–H groups in total. The van der Waals surface area contributed by atoms with E-state index in [0.717, 1.165) is 41.8 Å². The number of ether oxygens (including phenoxy) is 2. The first-order valence-electron chi connectivity index (χ1n) is 6.77. The Morgan fingerprint density at radius 1 is 1.20 bits per heavy atom. The van der Waals surface area contributed by atoms with Crippen molar-refractivity contribution >= 4 is 6.29 Å². The topological polar surface area (TPSA) is 35.5 Å². The SMILES string of the molecule is O=C[C@@H]1CCc2ccc(OCc3ccccc3)cc2O1. The van der Waals surface area contributed by atoms with E-state index in [1.165, 1.54) is 0 Å². The van der Waals surface area contributed by atoms with Gasteiger partial charge in [-0.3, -0.25) is 4.79 Å². The Bertz CT molecular complexity index is 592. The number of hydrogen-bond acceptors (Lipinski definition) is 3. The summed E-state index contributed by atoms with van der Waals surface area (Å²) in [6.45, 7) is 0.525. The van der Waals surface area contributed by atoms with Gasteiger partial charge in [0.15, 0.2) is 12.4 Å². The van der Waals surface area contributed by atoms with Gasteiger partial charge in [-0.15, -0.1) is 0 Å². The minimum atomic E-state index is -0.327. The molecule has 0 unspecified atom stereocenters. The Morgan fingerprint density at radius 2 is 2.05 bits per heavy atom. The van der Waals surface area contributed by atoms with Gasteiger partial charge in [0.05, 0.1) is 0 Å². The highest BCUT2D eigenvalue weighted by Gasteiger charge is 2.19. The van der Waals surface area contributed by atoms with Gasteiger partial charge < -0.3 is 9.47 Å². The molecule has 0 aromatic heterocycles. The number of rotatable bonds is 4. The molecule has 2 aromatic rings. The number of aryl methyl sites for hydroxylation is 1. The first-order chi connectivity index (χ1) is 9.85. The summed E-state index contributed by atoms with van der Waals surface area (Å²) >= 11 is 0. The zero-order chi connectivity index (χ0) is 13.8. The average Bonchev–Trinajstić information content (AvgIpc) is 2.53. The van der Waals surface area contributed by atoms with Crippen LogP contribution in [0.4, 0.5) is 0 Å². The molecule has 2 aromatic carbocycles. The maximum Gasteiger partial charge on any atom is 0.160 e. The van der Waals surface area contributed by atoms with Crippen LogP contribution in [0.5, 0.6) is 11.5 Å². The Labute approximate surface area is 118 Å². The fourth-order valence-electron chi connectivity index (χ4n) is 2.30. The van der Waals surface area contributed by atoms with Gasteiger partial charge >= 0.3 is 0 Å². The monoisotopic (exact) mass is 268 g/mol. The summed E-state index contributed by atoms with van der Waals surface area (Å²) in [4.78, 5) is 10.8. The van der Waals surface area contributed by atoms with E-state index in [1.807, 2.05) is 48.5 Å². The molecule has 1 atom stereocenters. The van der Waals surface area contributed by atoms with Gasteiger partial charge in [0.1, 0.15) is 18.1 Å². The van der Waals surface area contributed by atoms with Crippen LogP contribution in [0, 0.1) is 0 Å². The van der Waals surface area contributed by atoms with Crippen LogP contribution >= 0.6 is 0 Å². The van der Waals surface area contributed by atoms with E-state index in [4.69, 9.17) is 9.47 Å². The van der Waals surface area contributed by atoms with Gasteiger partial charge in [0.25, 0.3) is 0 Å². The molecular weight excluding hydrogens is 252 g/mol. The van der Waals surface area contributed by atoms with Crippen molar-refractivity contribution in [3.8, 4) is 11.5 Å². The quantitative estimate of drug-likeness (QED) is 0.799. The van der Waals surface area contributed by atoms with Crippen LogP contribution in [-0.4, -0.2) is 12.4 Å². The zero-order valence-electron chi connectivity index (χ0n) is 11.1. The molecule has 102 valence electrons. The normalized spacial score (nSPS) is 16.9. The minimum Gasteiger partial charge on any atom is -0.489 e. The Balaban J connectivity index is 1.70. The molecule has 0 bridgehead atoms. The first-order valence-corrected chi connectivity index (χ1v) is 6.77. The largest absolute Gasteiger partial charge is 0.489 e. The van der Waals surface area contributed by atoms with E-state index in [-0.39, 0.29) is 6.10 Å². The molecule has 0 amide bonds. The molecule has 1 heterocycles. The van der Waals surface area contributed by atoms with E-state index in [2.05, 4.69) is 0 Å². The standard InChI is InChI=1S/C17H16O3/c18-11-16-9-7-14-6-8-15(10-17(14)20-16)19-12-13-4-2-1-3-5-13/h1-6,8,10-11,16H,7,9,12H2/t16-/m0/s1. The fraction of sp³-hybridized carbons (Fsp3) is 0.235. The second-order valence-corrected chi connectivity index (χ2v) is 4.87. The van der Waals surface area contributed by atoms with Crippen molar-refractivity contribution in [2.45, 2.75) is 25.6 Å². The highest BCUT2D eigenvalue weighted by atomic mass is 16.5.